The van der Waals surface area contributed by atoms with Crippen LogP contribution in [0.15, 0.2) is 0 Å². The van der Waals surface area contributed by atoms with Gasteiger partial charge in [-0.2, -0.15) is 57.1 Å². The van der Waals surface area contributed by atoms with Crippen LogP contribution < -0.4 is 0 Å². The molecule has 14 heteroatoms. The van der Waals surface area contributed by atoms with Gasteiger partial charge in [-0.15, -0.1) is 0 Å². The smallest absolute Gasteiger partial charge is 0.323 e. The van der Waals surface area contributed by atoms with Crippen molar-refractivity contribution in [3.8, 4) is 0 Å². The second kappa shape index (κ2) is 18.2. The first kappa shape index (κ1) is 45.0. The van der Waals surface area contributed by atoms with Crippen molar-refractivity contribution in [3.05, 3.63) is 0 Å². The van der Waals surface area contributed by atoms with Gasteiger partial charge in [-0.25, -0.2) is 0 Å². The van der Waals surface area contributed by atoms with Crippen LogP contribution in [-0.4, -0.2) is 66.5 Å². The molecule has 0 bridgehead atoms. The maximum atomic E-state index is 14.9. The van der Waals surface area contributed by atoms with E-state index in [1.165, 1.54) is 0 Å². The zero-order valence-corrected chi connectivity index (χ0v) is 28.1. The molecule has 0 rings (SSSR count). The molecule has 1 nitrogen and oxygen atoms in total. The molecule has 46 heavy (non-hydrogen) atoms. The highest BCUT2D eigenvalue weighted by Gasteiger charge is 2.90. The quantitative estimate of drug-likeness (QED) is 0.0505. The van der Waals surface area contributed by atoms with Crippen molar-refractivity contribution in [2.24, 2.45) is 17.8 Å². The minimum atomic E-state index is -7.86. The van der Waals surface area contributed by atoms with Crippen LogP contribution in [0.2, 0.25) is 0 Å². The van der Waals surface area contributed by atoms with Crippen LogP contribution in [0.1, 0.15) is 125 Å². The van der Waals surface area contributed by atoms with Crippen molar-refractivity contribution in [3.63, 3.8) is 0 Å². The number of hydrogen-bond donors (Lipinski definition) is 0. The fourth-order valence-electron chi connectivity index (χ4n) is 5.54. The van der Waals surface area contributed by atoms with Crippen LogP contribution >= 0.6 is 0 Å². The molecule has 0 aliphatic rings. The Morgan fingerprint density at radius 3 is 0.957 bits per heavy atom. The van der Waals surface area contributed by atoms with E-state index in [0.29, 0.717) is 56.3 Å². The standard InChI is InChI=1S/C32H55F13N/c1-24(2)16-10-7-13-20-46(21-14-8-11-17-25(3)4,22-15-9-12-18-26(5)6)23-19-27(33,34)28(35,36)29(37,38)30(39,40)31(41,42)32(43,44)45/h24-26H,7-23H2,1-6H3/q+1. The molecule has 0 fully saturated rings. The summed E-state index contributed by atoms with van der Waals surface area (Å²) in [5.74, 6) is -35.4. The number of halogens is 13. The number of rotatable bonds is 25. The summed E-state index contributed by atoms with van der Waals surface area (Å²) in [5, 5.41) is 0. The Bertz CT molecular complexity index is 791. The molecule has 0 aliphatic carbocycles. The number of quaternary nitrogens is 1. The first-order chi connectivity index (χ1) is 20.7. The lowest BCUT2D eigenvalue weighted by molar-refractivity contribution is -0.930. The number of alkyl halides is 13. The average molecular weight is 701 g/mol. The zero-order chi connectivity index (χ0) is 36.3. The lowest BCUT2D eigenvalue weighted by atomic mass is 9.92. The number of hydrogen-bond acceptors (Lipinski definition) is 0. The number of nitrogens with zero attached hydrogens (tertiary/aromatic N) is 1. The van der Waals surface area contributed by atoms with Crippen molar-refractivity contribution < 1.29 is 61.6 Å². The fraction of sp³-hybridized carbons (Fsp3) is 1.00. The summed E-state index contributed by atoms with van der Waals surface area (Å²) >= 11 is 0. The van der Waals surface area contributed by atoms with Crippen molar-refractivity contribution in [2.45, 2.75) is 161 Å². The zero-order valence-electron chi connectivity index (χ0n) is 28.1. The predicted octanol–water partition coefficient (Wildman–Crippen LogP) is 12.6. The molecular weight excluding hydrogens is 645 g/mol. The van der Waals surface area contributed by atoms with E-state index < -0.39 is 48.8 Å². The van der Waals surface area contributed by atoms with Gasteiger partial charge in [0, 0.05) is 0 Å². The molecule has 278 valence electrons. The van der Waals surface area contributed by atoms with Crippen LogP contribution in [0.3, 0.4) is 0 Å². The van der Waals surface area contributed by atoms with Gasteiger partial charge >= 0.3 is 35.8 Å². The Kier molecular flexibility index (Phi) is 17.8. The molecule has 0 aromatic carbocycles. The molecule has 0 aliphatic heterocycles. The molecule has 0 spiro atoms. The molecule has 0 amide bonds. The van der Waals surface area contributed by atoms with Crippen LogP contribution in [0.25, 0.3) is 0 Å². The summed E-state index contributed by atoms with van der Waals surface area (Å²) in [6.45, 7) is 11.9. The lowest BCUT2D eigenvalue weighted by Gasteiger charge is -2.43. The Labute approximate surface area is 266 Å². The third kappa shape index (κ3) is 12.5. The fourth-order valence-corrected chi connectivity index (χ4v) is 5.54. The van der Waals surface area contributed by atoms with E-state index in [1.807, 2.05) is 41.5 Å². The highest BCUT2D eigenvalue weighted by Crippen LogP contribution is 2.60. The molecule has 0 N–H and O–H groups in total. The second-order valence-electron chi connectivity index (χ2n) is 14.2. The predicted molar refractivity (Wildman–Crippen MR) is 155 cm³/mol. The minimum Gasteiger partial charge on any atom is -0.323 e. The summed E-state index contributed by atoms with van der Waals surface area (Å²) in [7, 11) is 0. The van der Waals surface area contributed by atoms with E-state index in [2.05, 4.69) is 0 Å². The molecule has 0 aromatic rings. The van der Waals surface area contributed by atoms with E-state index in [0.717, 1.165) is 38.5 Å². The van der Waals surface area contributed by atoms with E-state index in [9.17, 15) is 57.1 Å². The highest BCUT2D eigenvalue weighted by atomic mass is 19.4. The van der Waals surface area contributed by atoms with Crippen molar-refractivity contribution in [2.75, 3.05) is 26.2 Å². The second-order valence-corrected chi connectivity index (χ2v) is 14.2. The van der Waals surface area contributed by atoms with Crippen LogP contribution in [0, 0.1) is 17.8 Å². The van der Waals surface area contributed by atoms with Gasteiger partial charge in [0.2, 0.25) is 0 Å². The molecule has 0 saturated carbocycles. The number of unbranched alkanes of at least 4 members (excludes halogenated alkanes) is 6. The normalized spacial score (nSPS) is 14.7. The lowest BCUT2D eigenvalue weighted by Crippen LogP contribution is -2.70. The average Bonchev–Trinajstić information content (AvgIpc) is 2.89. The van der Waals surface area contributed by atoms with Gasteiger partial charge in [0.1, 0.15) is 0 Å². The van der Waals surface area contributed by atoms with Gasteiger partial charge in [0.05, 0.1) is 32.6 Å². The van der Waals surface area contributed by atoms with Crippen molar-refractivity contribution in [1.82, 2.24) is 0 Å². The van der Waals surface area contributed by atoms with Gasteiger partial charge in [-0.05, 0) is 56.3 Å². The van der Waals surface area contributed by atoms with E-state index >= 15 is 0 Å². The van der Waals surface area contributed by atoms with Gasteiger partial charge in [0.15, 0.2) is 0 Å². The monoisotopic (exact) mass is 700 g/mol. The maximum absolute atomic E-state index is 14.9. The Morgan fingerprint density at radius 1 is 0.370 bits per heavy atom. The molecule has 0 radical (unpaired) electrons. The Hall–Kier alpha value is -0.950. The Balaban J connectivity index is 6.31. The summed E-state index contributed by atoms with van der Waals surface area (Å²) in [6, 6.07) is 0. The van der Waals surface area contributed by atoms with Crippen molar-refractivity contribution in [1.29, 1.82) is 0 Å². The molecule has 0 unspecified atom stereocenters. The molecular formula is C32H55F13N+. The van der Waals surface area contributed by atoms with E-state index in [4.69, 9.17) is 0 Å². The van der Waals surface area contributed by atoms with Crippen molar-refractivity contribution >= 4 is 0 Å². The van der Waals surface area contributed by atoms with E-state index in [-0.39, 0.29) is 24.1 Å². The van der Waals surface area contributed by atoms with Crippen LogP contribution in [0.4, 0.5) is 57.1 Å². The minimum absolute atomic E-state index is 0.197. The highest BCUT2D eigenvalue weighted by molar-refractivity contribution is 5.10. The molecule has 0 saturated heterocycles. The molecule has 0 atom stereocenters. The SMILES string of the molecule is CC(C)CCCCC[N+](CCCCCC(C)C)(CCCCCC(C)C)CCC(F)(F)C(F)(F)C(F)(F)C(F)(F)C(F)(F)C(F)(F)F. The van der Waals surface area contributed by atoms with Gasteiger partial charge in [-0.1, -0.05) is 80.1 Å². The van der Waals surface area contributed by atoms with Gasteiger partial charge in [0.25, 0.3) is 0 Å². The summed E-state index contributed by atoms with van der Waals surface area (Å²) in [4.78, 5) is 0. The third-order valence-corrected chi connectivity index (χ3v) is 8.64. The summed E-state index contributed by atoms with van der Waals surface area (Å²) in [6.07, 6.45) is -1.04. The maximum Gasteiger partial charge on any atom is 0.460 e. The van der Waals surface area contributed by atoms with E-state index in [1.54, 1.807) is 0 Å². The molecule has 0 heterocycles. The summed E-state index contributed by atoms with van der Waals surface area (Å²) < 4.78 is 179. The molecule has 0 aromatic heterocycles. The first-order valence-corrected chi connectivity index (χ1v) is 16.5. The first-order valence-electron chi connectivity index (χ1n) is 16.5. The largest absolute Gasteiger partial charge is 0.460 e. The Morgan fingerprint density at radius 2 is 0.674 bits per heavy atom. The van der Waals surface area contributed by atoms with Crippen LogP contribution in [-0.2, 0) is 0 Å². The van der Waals surface area contributed by atoms with Crippen LogP contribution in [0.5, 0.6) is 0 Å². The van der Waals surface area contributed by atoms with Gasteiger partial charge < -0.3 is 4.48 Å². The topological polar surface area (TPSA) is 0 Å². The summed E-state index contributed by atoms with van der Waals surface area (Å²) in [5.41, 5.74) is 0. The van der Waals surface area contributed by atoms with Gasteiger partial charge in [-0.3, -0.25) is 0 Å². The third-order valence-electron chi connectivity index (χ3n) is 8.64.